The van der Waals surface area contributed by atoms with Gasteiger partial charge in [-0.2, -0.15) is 0 Å². The Labute approximate surface area is 175 Å². The Balaban J connectivity index is 1.53. The van der Waals surface area contributed by atoms with E-state index < -0.39 is 10.0 Å². The number of aliphatic imine (C=N–C) groups is 1. The van der Waals surface area contributed by atoms with Crippen molar-refractivity contribution in [1.82, 2.24) is 19.9 Å². The largest absolute Gasteiger partial charge is 0.361 e. The third kappa shape index (κ3) is 4.98. The van der Waals surface area contributed by atoms with Crippen LogP contribution in [0.3, 0.4) is 0 Å². The summed E-state index contributed by atoms with van der Waals surface area (Å²) in [6, 6.07) is 9.90. The molecule has 29 heavy (non-hydrogen) atoms. The fraction of sp³-hybridized carbons (Fsp3) is 0.350. The second-order valence-corrected chi connectivity index (χ2v) is 10.5. The van der Waals surface area contributed by atoms with E-state index in [1.807, 2.05) is 6.07 Å². The van der Waals surface area contributed by atoms with E-state index in [1.54, 1.807) is 13.1 Å². The quantitative estimate of drug-likeness (QED) is 0.395. The van der Waals surface area contributed by atoms with Crippen LogP contribution in [0.4, 0.5) is 0 Å². The molecule has 0 saturated carbocycles. The molecule has 0 bridgehead atoms. The average Bonchev–Trinajstić information content (AvgIpc) is 3.31. The minimum absolute atomic E-state index is 0.344. The fourth-order valence-corrected chi connectivity index (χ4v) is 5.45. The van der Waals surface area contributed by atoms with Crippen molar-refractivity contribution in [1.29, 1.82) is 0 Å². The van der Waals surface area contributed by atoms with Gasteiger partial charge in [-0.1, -0.05) is 12.1 Å². The van der Waals surface area contributed by atoms with Crippen molar-refractivity contribution in [3.63, 3.8) is 0 Å². The number of H-pyrrole nitrogens is 1. The smallest absolute Gasteiger partial charge is 0.252 e. The molecule has 0 unspecified atom stereocenters. The van der Waals surface area contributed by atoms with Crippen LogP contribution < -0.4 is 10.6 Å². The monoisotopic (exact) mass is 433 g/mol. The summed E-state index contributed by atoms with van der Waals surface area (Å²) in [6.45, 7) is 3.34. The first-order valence-electron chi connectivity index (χ1n) is 9.33. The number of aryl methyl sites for hydroxylation is 1. The van der Waals surface area contributed by atoms with Crippen LogP contribution in [0.15, 0.2) is 45.7 Å². The first-order valence-corrected chi connectivity index (χ1v) is 11.6. The van der Waals surface area contributed by atoms with Crippen LogP contribution in [-0.2, 0) is 23.0 Å². The van der Waals surface area contributed by atoms with Gasteiger partial charge in [0.25, 0.3) is 10.0 Å². The molecule has 0 aliphatic rings. The fourth-order valence-electron chi connectivity index (χ4n) is 2.99. The zero-order chi connectivity index (χ0) is 21.0. The predicted molar refractivity (Wildman–Crippen MR) is 120 cm³/mol. The summed E-state index contributed by atoms with van der Waals surface area (Å²) in [4.78, 5) is 8.50. The Hall–Kier alpha value is -2.36. The molecule has 3 rings (SSSR count). The Bertz CT molecular complexity index is 1110. The molecular formula is C20H27N5O2S2. The summed E-state index contributed by atoms with van der Waals surface area (Å²) < 4.78 is 25.9. The van der Waals surface area contributed by atoms with Gasteiger partial charge in [-0.25, -0.2) is 12.7 Å². The molecule has 3 N–H and O–H groups in total. The number of sulfonamides is 1. The Kier molecular flexibility index (Phi) is 6.61. The number of hydrogen-bond acceptors (Lipinski definition) is 4. The lowest BCUT2D eigenvalue weighted by Crippen LogP contribution is -2.37. The summed E-state index contributed by atoms with van der Waals surface area (Å²) in [5.74, 6) is 0.686. The Morgan fingerprint density at radius 2 is 2.00 bits per heavy atom. The van der Waals surface area contributed by atoms with Crippen LogP contribution in [0.25, 0.3) is 10.9 Å². The molecule has 0 spiro atoms. The number of rotatable bonds is 7. The molecule has 7 nitrogen and oxygen atoms in total. The highest BCUT2D eigenvalue weighted by atomic mass is 32.2. The van der Waals surface area contributed by atoms with Gasteiger partial charge in [0.15, 0.2) is 5.96 Å². The predicted octanol–water partition coefficient (Wildman–Crippen LogP) is 2.70. The third-order valence-electron chi connectivity index (χ3n) is 4.64. The van der Waals surface area contributed by atoms with E-state index in [0.717, 1.165) is 23.4 Å². The molecule has 0 saturated heterocycles. The second kappa shape index (κ2) is 8.98. The maximum Gasteiger partial charge on any atom is 0.252 e. The molecule has 1 aromatic carbocycles. The first-order chi connectivity index (χ1) is 13.8. The number of benzene rings is 1. The van der Waals surface area contributed by atoms with Gasteiger partial charge in [0.1, 0.15) is 4.21 Å². The molecule has 0 fully saturated rings. The molecule has 2 heterocycles. The van der Waals surface area contributed by atoms with Gasteiger partial charge in [-0.15, -0.1) is 11.3 Å². The molecule has 0 aliphatic carbocycles. The molecule has 0 amide bonds. The van der Waals surface area contributed by atoms with E-state index in [0.29, 0.717) is 16.7 Å². The van der Waals surface area contributed by atoms with E-state index in [-0.39, 0.29) is 0 Å². The first kappa shape index (κ1) is 21.4. The lowest BCUT2D eigenvalue weighted by atomic mass is 10.1. The number of nitrogens with zero attached hydrogens (tertiary/aromatic N) is 2. The summed E-state index contributed by atoms with van der Waals surface area (Å²) in [5, 5.41) is 7.79. The zero-order valence-corrected chi connectivity index (χ0v) is 18.7. The lowest BCUT2D eigenvalue weighted by molar-refractivity contribution is 0.523. The molecule has 0 aliphatic heterocycles. The second-order valence-electron chi connectivity index (χ2n) is 6.97. The Morgan fingerprint density at radius 1 is 1.21 bits per heavy atom. The lowest BCUT2D eigenvalue weighted by Gasteiger charge is -2.11. The van der Waals surface area contributed by atoms with Crippen molar-refractivity contribution in [2.75, 3.05) is 27.7 Å². The highest BCUT2D eigenvalue weighted by molar-refractivity contribution is 7.91. The maximum atomic E-state index is 12.2. The van der Waals surface area contributed by atoms with Gasteiger partial charge >= 0.3 is 0 Å². The van der Waals surface area contributed by atoms with Gasteiger partial charge in [0, 0.05) is 49.7 Å². The summed E-state index contributed by atoms with van der Waals surface area (Å²) >= 11 is 1.27. The van der Waals surface area contributed by atoms with Crippen molar-refractivity contribution in [2.45, 2.75) is 24.1 Å². The number of fused-ring (bicyclic) bond motifs is 1. The van der Waals surface area contributed by atoms with Crippen LogP contribution in [-0.4, -0.2) is 51.4 Å². The van der Waals surface area contributed by atoms with E-state index in [4.69, 9.17) is 0 Å². The molecule has 2 aromatic heterocycles. The van der Waals surface area contributed by atoms with Gasteiger partial charge < -0.3 is 15.6 Å². The van der Waals surface area contributed by atoms with Crippen molar-refractivity contribution in [2.24, 2.45) is 4.99 Å². The molecule has 0 radical (unpaired) electrons. The maximum absolute atomic E-state index is 12.2. The summed E-state index contributed by atoms with van der Waals surface area (Å²) in [5.41, 5.74) is 3.66. The van der Waals surface area contributed by atoms with Gasteiger partial charge in [-0.3, -0.25) is 4.99 Å². The van der Waals surface area contributed by atoms with Crippen LogP contribution in [0.2, 0.25) is 0 Å². The number of aromatic nitrogens is 1. The van der Waals surface area contributed by atoms with E-state index in [1.165, 1.54) is 46.3 Å². The van der Waals surface area contributed by atoms with Crippen molar-refractivity contribution < 1.29 is 8.42 Å². The van der Waals surface area contributed by atoms with E-state index >= 15 is 0 Å². The van der Waals surface area contributed by atoms with Crippen LogP contribution >= 0.6 is 11.3 Å². The molecule has 0 atom stereocenters. The van der Waals surface area contributed by atoms with Crippen molar-refractivity contribution >= 4 is 38.2 Å². The standard InChI is InChI=1S/C20H27N5O2S2/c1-14-5-7-17-15(12-23-18(17)11-14)9-10-22-20(21-2)24-13-16-6-8-19(28-16)29(26,27)25(3)4/h5-8,11-12,23H,9-10,13H2,1-4H3,(H2,21,22,24). The highest BCUT2D eigenvalue weighted by Crippen LogP contribution is 2.23. The third-order valence-corrected chi connectivity index (χ3v) is 8.00. The van der Waals surface area contributed by atoms with Gasteiger partial charge in [-0.05, 0) is 42.7 Å². The molecule has 3 aromatic rings. The van der Waals surface area contributed by atoms with Gasteiger partial charge in [0.2, 0.25) is 0 Å². The van der Waals surface area contributed by atoms with E-state index in [9.17, 15) is 8.42 Å². The highest BCUT2D eigenvalue weighted by Gasteiger charge is 2.19. The van der Waals surface area contributed by atoms with Gasteiger partial charge in [0.05, 0.1) is 6.54 Å². The minimum Gasteiger partial charge on any atom is -0.361 e. The van der Waals surface area contributed by atoms with Crippen LogP contribution in [0.5, 0.6) is 0 Å². The minimum atomic E-state index is -3.38. The number of thiophene rings is 1. The molecule has 9 heteroatoms. The number of aromatic amines is 1. The van der Waals surface area contributed by atoms with Crippen LogP contribution in [0.1, 0.15) is 16.0 Å². The number of hydrogen-bond donors (Lipinski definition) is 3. The molecular weight excluding hydrogens is 406 g/mol. The Morgan fingerprint density at radius 3 is 2.72 bits per heavy atom. The normalized spacial score (nSPS) is 12.7. The number of nitrogens with one attached hydrogen (secondary N) is 3. The topological polar surface area (TPSA) is 89.6 Å². The van der Waals surface area contributed by atoms with Crippen molar-refractivity contribution in [3.8, 4) is 0 Å². The number of guanidine groups is 1. The average molecular weight is 434 g/mol. The summed E-state index contributed by atoms with van der Waals surface area (Å²) in [7, 11) is 1.41. The zero-order valence-electron chi connectivity index (χ0n) is 17.1. The SMILES string of the molecule is CN=C(NCCc1c[nH]c2cc(C)ccc12)NCc1ccc(S(=O)(=O)N(C)C)s1. The van der Waals surface area contributed by atoms with E-state index in [2.05, 4.69) is 51.9 Å². The van der Waals surface area contributed by atoms with Crippen LogP contribution in [0, 0.1) is 6.92 Å². The molecule has 156 valence electrons. The van der Waals surface area contributed by atoms with Crippen molar-refractivity contribution in [3.05, 3.63) is 52.5 Å². The summed E-state index contributed by atoms with van der Waals surface area (Å²) in [6.07, 6.45) is 2.92.